The highest BCUT2D eigenvalue weighted by Gasteiger charge is 2.55. The van der Waals surface area contributed by atoms with Gasteiger partial charge in [0.25, 0.3) is 0 Å². The fraction of sp³-hybridized carbons (Fsp3) is 0.611. The van der Waals surface area contributed by atoms with Crippen LogP contribution in [0, 0.1) is 22.7 Å². The molecular weight excluding hydrogens is 246 g/mol. The molecule has 1 saturated carbocycles. The van der Waals surface area contributed by atoms with Gasteiger partial charge in [-0.1, -0.05) is 37.6 Å². The Balaban J connectivity index is 1.92. The number of rotatable bonds is 2. The normalized spacial score (nSPS) is 36.4. The predicted octanol–water partition coefficient (Wildman–Crippen LogP) is 3.63. The third kappa shape index (κ3) is 1.96. The topological polar surface area (TPSA) is 44.0 Å². The molecule has 20 heavy (non-hydrogen) atoms. The van der Waals surface area contributed by atoms with Gasteiger partial charge in [0, 0.05) is 6.42 Å². The second-order valence-corrected chi connectivity index (χ2v) is 6.69. The Kier molecular flexibility index (Phi) is 3.34. The summed E-state index contributed by atoms with van der Waals surface area (Å²) in [5.41, 5.74) is 1.22. The van der Waals surface area contributed by atoms with Crippen LogP contribution in [0.2, 0.25) is 0 Å². The largest absolute Gasteiger partial charge is 0.388 e. The van der Waals surface area contributed by atoms with Gasteiger partial charge in [-0.05, 0) is 49.1 Å². The summed E-state index contributed by atoms with van der Waals surface area (Å²) in [6.45, 7) is 2.19. The maximum absolute atomic E-state index is 11.3. The zero-order valence-corrected chi connectivity index (χ0v) is 12.2. The molecule has 0 aromatic heterocycles. The van der Waals surface area contributed by atoms with Crippen LogP contribution in [-0.4, -0.2) is 10.7 Å². The molecule has 2 nitrogen and oxygen atoms in total. The Bertz CT molecular complexity index is 547. The van der Waals surface area contributed by atoms with Crippen LogP contribution in [-0.2, 0) is 12.8 Å². The van der Waals surface area contributed by atoms with E-state index in [4.69, 9.17) is 0 Å². The van der Waals surface area contributed by atoms with Crippen LogP contribution in [0.5, 0.6) is 0 Å². The highest BCUT2D eigenvalue weighted by molar-refractivity contribution is 5.34. The molecule has 0 saturated heterocycles. The van der Waals surface area contributed by atoms with Crippen LogP contribution < -0.4 is 0 Å². The smallest absolute Gasteiger partial charge is 0.0876 e. The minimum Gasteiger partial charge on any atom is -0.388 e. The van der Waals surface area contributed by atoms with Gasteiger partial charge in [0.1, 0.15) is 0 Å². The van der Waals surface area contributed by atoms with Crippen LogP contribution in [0.15, 0.2) is 24.3 Å². The number of fused-ring (bicyclic) bond motifs is 1. The predicted molar refractivity (Wildman–Crippen MR) is 79.1 cm³/mol. The summed E-state index contributed by atoms with van der Waals surface area (Å²) >= 11 is 0. The summed E-state index contributed by atoms with van der Waals surface area (Å²) in [5.74, 6) is 0.607. The molecule has 3 unspecified atom stereocenters. The molecule has 0 bridgehead atoms. The maximum atomic E-state index is 11.3. The highest BCUT2D eigenvalue weighted by atomic mass is 16.3. The van der Waals surface area contributed by atoms with Crippen LogP contribution in [0.3, 0.4) is 0 Å². The number of hydrogen-bond donors (Lipinski definition) is 1. The zero-order valence-electron chi connectivity index (χ0n) is 12.2. The average Bonchev–Trinajstić information content (AvgIpc) is 2.92. The van der Waals surface area contributed by atoms with Crippen molar-refractivity contribution in [3.05, 3.63) is 35.4 Å². The molecule has 2 aliphatic rings. The zero-order chi connectivity index (χ0) is 14.2. The third-order valence-electron chi connectivity index (χ3n) is 5.71. The van der Waals surface area contributed by atoms with Crippen molar-refractivity contribution in [2.24, 2.45) is 11.3 Å². The number of aliphatic hydroxyl groups is 1. The van der Waals surface area contributed by atoms with Gasteiger partial charge in [-0.3, -0.25) is 0 Å². The molecular formula is C18H23NO. The standard InChI is InChI=1S/C18H23NO/c1-2-14-7-9-17(11-14,13-19)18(20)10-8-15-5-3-4-6-16(15)12-18/h3-6,14,20H,2,7-12H2,1H3. The third-order valence-corrected chi connectivity index (χ3v) is 5.71. The van der Waals surface area contributed by atoms with Gasteiger partial charge in [0.15, 0.2) is 0 Å². The first-order valence-electron chi connectivity index (χ1n) is 7.83. The minimum absolute atomic E-state index is 0.527. The molecule has 0 heterocycles. The molecule has 3 atom stereocenters. The molecule has 0 spiro atoms. The van der Waals surface area contributed by atoms with E-state index >= 15 is 0 Å². The lowest BCUT2D eigenvalue weighted by molar-refractivity contribution is -0.0652. The Hall–Kier alpha value is -1.33. The van der Waals surface area contributed by atoms with Crippen LogP contribution in [0.4, 0.5) is 0 Å². The van der Waals surface area contributed by atoms with Crippen molar-refractivity contribution in [2.75, 3.05) is 0 Å². The molecule has 1 aromatic carbocycles. The van der Waals surface area contributed by atoms with E-state index in [0.717, 1.165) is 38.5 Å². The van der Waals surface area contributed by atoms with E-state index in [9.17, 15) is 10.4 Å². The Morgan fingerprint density at radius 1 is 1.30 bits per heavy atom. The van der Waals surface area contributed by atoms with Crippen molar-refractivity contribution in [2.45, 2.75) is 57.5 Å². The van der Waals surface area contributed by atoms with Crippen molar-refractivity contribution in [3.8, 4) is 6.07 Å². The van der Waals surface area contributed by atoms with Crippen molar-refractivity contribution >= 4 is 0 Å². The highest BCUT2D eigenvalue weighted by Crippen LogP contribution is 2.53. The molecule has 1 fully saturated rings. The van der Waals surface area contributed by atoms with E-state index < -0.39 is 11.0 Å². The van der Waals surface area contributed by atoms with Crippen LogP contribution in [0.1, 0.15) is 50.2 Å². The van der Waals surface area contributed by atoms with Gasteiger partial charge in [-0.2, -0.15) is 5.26 Å². The van der Waals surface area contributed by atoms with Crippen molar-refractivity contribution in [1.82, 2.24) is 0 Å². The lowest BCUT2D eigenvalue weighted by Crippen LogP contribution is -2.50. The summed E-state index contributed by atoms with van der Waals surface area (Å²) in [7, 11) is 0. The first kappa shape index (κ1) is 13.6. The van der Waals surface area contributed by atoms with Crippen molar-refractivity contribution in [1.29, 1.82) is 5.26 Å². The van der Waals surface area contributed by atoms with E-state index in [2.05, 4.69) is 31.2 Å². The summed E-state index contributed by atoms with van der Waals surface area (Å²) < 4.78 is 0. The quantitative estimate of drug-likeness (QED) is 0.891. The van der Waals surface area contributed by atoms with Gasteiger partial charge in [-0.25, -0.2) is 0 Å². The molecule has 1 aromatic rings. The molecule has 0 aliphatic heterocycles. The Morgan fingerprint density at radius 2 is 2.05 bits per heavy atom. The van der Waals surface area contributed by atoms with E-state index in [-0.39, 0.29) is 0 Å². The summed E-state index contributed by atoms with van der Waals surface area (Å²) in [6.07, 6.45) is 6.22. The van der Waals surface area contributed by atoms with Crippen molar-refractivity contribution in [3.63, 3.8) is 0 Å². The lowest BCUT2D eigenvalue weighted by Gasteiger charge is -2.44. The van der Waals surface area contributed by atoms with E-state index in [0.29, 0.717) is 12.3 Å². The van der Waals surface area contributed by atoms with Gasteiger partial charge < -0.3 is 5.11 Å². The number of nitriles is 1. The fourth-order valence-corrected chi connectivity index (χ4v) is 4.25. The van der Waals surface area contributed by atoms with Gasteiger partial charge in [-0.15, -0.1) is 0 Å². The summed E-state index contributed by atoms with van der Waals surface area (Å²) in [4.78, 5) is 0. The number of hydrogen-bond acceptors (Lipinski definition) is 2. The number of nitrogens with zero attached hydrogens (tertiary/aromatic N) is 1. The van der Waals surface area contributed by atoms with E-state index in [1.54, 1.807) is 0 Å². The Labute approximate surface area is 121 Å². The van der Waals surface area contributed by atoms with Crippen LogP contribution >= 0.6 is 0 Å². The first-order chi connectivity index (χ1) is 9.62. The van der Waals surface area contributed by atoms with E-state index in [1.807, 2.05) is 6.07 Å². The Morgan fingerprint density at radius 3 is 2.70 bits per heavy atom. The van der Waals surface area contributed by atoms with Gasteiger partial charge in [0.05, 0.1) is 17.1 Å². The SMILES string of the molecule is CCC1CCC(C#N)(C2(O)CCc3ccccc3C2)C1. The molecule has 1 N–H and O–H groups in total. The summed E-state index contributed by atoms with van der Waals surface area (Å²) in [6, 6.07) is 10.9. The average molecular weight is 269 g/mol. The second kappa shape index (κ2) is 4.90. The number of aryl methyl sites for hydroxylation is 1. The first-order valence-corrected chi connectivity index (χ1v) is 7.83. The monoisotopic (exact) mass is 269 g/mol. The van der Waals surface area contributed by atoms with E-state index in [1.165, 1.54) is 11.1 Å². The molecule has 0 radical (unpaired) electrons. The molecule has 2 heteroatoms. The lowest BCUT2D eigenvalue weighted by atomic mass is 9.63. The fourth-order valence-electron chi connectivity index (χ4n) is 4.25. The number of benzene rings is 1. The molecule has 2 aliphatic carbocycles. The van der Waals surface area contributed by atoms with Gasteiger partial charge >= 0.3 is 0 Å². The molecule has 0 amide bonds. The molecule has 3 rings (SSSR count). The second-order valence-electron chi connectivity index (χ2n) is 6.69. The maximum Gasteiger partial charge on any atom is 0.0876 e. The van der Waals surface area contributed by atoms with Gasteiger partial charge in [0.2, 0.25) is 0 Å². The minimum atomic E-state index is -0.833. The van der Waals surface area contributed by atoms with Crippen molar-refractivity contribution < 1.29 is 5.11 Å². The van der Waals surface area contributed by atoms with Crippen LogP contribution in [0.25, 0.3) is 0 Å². The summed E-state index contributed by atoms with van der Waals surface area (Å²) in [5, 5.41) is 21.0. The molecule has 106 valence electrons.